The predicted octanol–water partition coefficient (Wildman–Crippen LogP) is 0.194. The summed E-state index contributed by atoms with van der Waals surface area (Å²) in [5, 5.41) is 0. The van der Waals surface area contributed by atoms with Crippen molar-refractivity contribution in [2.24, 2.45) is 0 Å². The summed E-state index contributed by atoms with van der Waals surface area (Å²) in [5.74, 6) is 0. The SMILES string of the molecule is [CH2-]CCCCCCCC.[I-].[Mg+2]. The number of halogens is 1. The van der Waals surface area contributed by atoms with Crippen LogP contribution in [0.25, 0.3) is 0 Å². The molecule has 0 aliphatic rings. The van der Waals surface area contributed by atoms with E-state index in [-0.39, 0.29) is 47.0 Å². The Labute approximate surface area is 105 Å². The van der Waals surface area contributed by atoms with Gasteiger partial charge in [-0.15, -0.1) is 0 Å². The molecule has 0 aromatic carbocycles. The van der Waals surface area contributed by atoms with Gasteiger partial charge in [0.05, 0.1) is 0 Å². The van der Waals surface area contributed by atoms with Crippen molar-refractivity contribution in [3.05, 3.63) is 6.92 Å². The van der Waals surface area contributed by atoms with E-state index in [4.69, 9.17) is 0 Å². The van der Waals surface area contributed by atoms with E-state index in [0.29, 0.717) is 0 Å². The fourth-order valence-corrected chi connectivity index (χ4v) is 0.957. The van der Waals surface area contributed by atoms with Crippen LogP contribution in [-0.2, 0) is 0 Å². The molecule has 0 aromatic heterocycles. The molecule has 0 radical (unpaired) electrons. The molecule has 0 aromatic rings. The zero-order valence-corrected chi connectivity index (χ0v) is 11.3. The molecular weight excluding hydrogens is 259 g/mol. The summed E-state index contributed by atoms with van der Waals surface area (Å²) >= 11 is 0. The second-order valence-corrected chi connectivity index (χ2v) is 2.62. The average Bonchev–Trinajstić information content (AvgIpc) is 1.89. The first-order valence-corrected chi connectivity index (χ1v) is 4.21. The Morgan fingerprint density at radius 2 is 1.36 bits per heavy atom. The van der Waals surface area contributed by atoms with Crippen LogP contribution in [0.2, 0.25) is 0 Å². The van der Waals surface area contributed by atoms with E-state index in [9.17, 15) is 0 Å². The molecule has 0 nitrogen and oxygen atoms in total. The van der Waals surface area contributed by atoms with Gasteiger partial charge in [0.2, 0.25) is 0 Å². The van der Waals surface area contributed by atoms with Crippen LogP contribution in [0, 0.1) is 6.92 Å². The molecular formula is C9H19IMg. The molecule has 11 heavy (non-hydrogen) atoms. The van der Waals surface area contributed by atoms with Crippen LogP contribution >= 0.6 is 0 Å². The zero-order valence-electron chi connectivity index (χ0n) is 7.74. The Kier molecular flexibility index (Phi) is 29.2. The summed E-state index contributed by atoms with van der Waals surface area (Å²) in [6.07, 6.45) is 9.45. The summed E-state index contributed by atoms with van der Waals surface area (Å²) < 4.78 is 0. The van der Waals surface area contributed by atoms with Gasteiger partial charge in [0.25, 0.3) is 0 Å². The van der Waals surface area contributed by atoms with Crippen LogP contribution in [0.5, 0.6) is 0 Å². The van der Waals surface area contributed by atoms with Gasteiger partial charge in [0, 0.05) is 0 Å². The molecule has 0 rings (SSSR count). The summed E-state index contributed by atoms with van der Waals surface area (Å²) in [4.78, 5) is 0. The Balaban J connectivity index is -0.000000320. The largest absolute Gasteiger partial charge is 2.00 e. The van der Waals surface area contributed by atoms with Crippen LogP contribution in [-0.4, -0.2) is 23.1 Å². The fraction of sp³-hybridized carbons (Fsp3) is 0.889. The Bertz CT molecular complexity index is 42.8. The summed E-state index contributed by atoms with van der Waals surface area (Å²) in [6.45, 7) is 6.05. The van der Waals surface area contributed by atoms with Gasteiger partial charge in [-0.2, -0.15) is 6.42 Å². The number of hydrogen-bond acceptors (Lipinski definition) is 0. The van der Waals surface area contributed by atoms with Crippen molar-refractivity contribution in [3.63, 3.8) is 0 Å². The van der Waals surface area contributed by atoms with Gasteiger partial charge in [-0.25, -0.2) is 0 Å². The number of rotatable bonds is 6. The van der Waals surface area contributed by atoms with Crippen molar-refractivity contribution in [2.75, 3.05) is 0 Å². The summed E-state index contributed by atoms with van der Waals surface area (Å²) in [7, 11) is 0. The van der Waals surface area contributed by atoms with Gasteiger partial charge in [0.1, 0.15) is 0 Å². The third-order valence-electron chi connectivity index (χ3n) is 1.60. The van der Waals surface area contributed by atoms with E-state index >= 15 is 0 Å². The van der Waals surface area contributed by atoms with Gasteiger partial charge in [-0.3, -0.25) is 0 Å². The molecule has 0 spiro atoms. The van der Waals surface area contributed by atoms with Gasteiger partial charge < -0.3 is 30.9 Å². The molecule has 0 saturated heterocycles. The van der Waals surface area contributed by atoms with Gasteiger partial charge in [-0.05, 0) is 0 Å². The first kappa shape index (κ1) is 18.3. The van der Waals surface area contributed by atoms with Crippen LogP contribution in [0.3, 0.4) is 0 Å². The van der Waals surface area contributed by atoms with E-state index in [1.165, 1.54) is 38.5 Å². The first-order valence-electron chi connectivity index (χ1n) is 4.21. The van der Waals surface area contributed by atoms with Crippen molar-refractivity contribution in [1.82, 2.24) is 0 Å². The minimum atomic E-state index is 0. The molecule has 0 bridgehead atoms. The predicted molar refractivity (Wildman–Crippen MR) is 49.1 cm³/mol. The number of hydrogen-bond donors (Lipinski definition) is 0. The minimum absolute atomic E-state index is 0. The Morgan fingerprint density at radius 1 is 0.909 bits per heavy atom. The van der Waals surface area contributed by atoms with Crippen molar-refractivity contribution < 1.29 is 24.0 Å². The molecule has 0 heterocycles. The van der Waals surface area contributed by atoms with Crippen LogP contribution in [0.1, 0.15) is 51.9 Å². The molecule has 0 aliphatic carbocycles. The maximum atomic E-state index is 3.80. The molecule has 64 valence electrons. The van der Waals surface area contributed by atoms with Crippen LogP contribution in [0.4, 0.5) is 0 Å². The van der Waals surface area contributed by atoms with Crippen molar-refractivity contribution >= 4 is 23.1 Å². The van der Waals surface area contributed by atoms with Crippen LogP contribution < -0.4 is 24.0 Å². The van der Waals surface area contributed by atoms with Gasteiger partial charge >= 0.3 is 23.1 Å². The van der Waals surface area contributed by atoms with Gasteiger partial charge in [0.15, 0.2) is 0 Å². The minimum Gasteiger partial charge on any atom is -1.00 e. The maximum absolute atomic E-state index is 3.80. The molecule has 0 amide bonds. The average molecular weight is 278 g/mol. The van der Waals surface area contributed by atoms with E-state index in [2.05, 4.69) is 13.8 Å². The Morgan fingerprint density at radius 3 is 1.82 bits per heavy atom. The molecule has 0 fully saturated rings. The van der Waals surface area contributed by atoms with Gasteiger partial charge in [-0.1, -0.05) is 45.4 Å². The monoisotopic (exact) mass is 278 g/mol. The topological polar surface area (TPSA) is 0 Å². The van der Waals surface area contributed by atoms with Crippen molar-refractivity contribution in [1.29, 1.82) is 0 Å². The molecule has 0 aliphatic heterocycles. The maximum Gasteiger partial charge on any atom is 2.00 e. The Hall–Kier alpha value is 1.50. The van der Waals surface area contributed by atoms with E-state index in [1.54, 1.807) is 0 Å². The third kappa shape index (κ3) is 18.4. The van der Waals surface area contributed by atoms with E-state index in [0.717, 1.165) is 6.42 Å². The van der Waals surface area contributed by atoms with Crippen LogP contribution in [0.15, 0.2) is 0 Å². The quantitative estimate of drug-likeness (QED) is 0.282. The van der Waals surface area contributed by atoms with Crippen molar-refractivity contribution in [3.8, 4) is 0 Å². The summed E-state index contributed by atoms with van der Waals surface area (Å²) in [6, 6.07) is 0. The smallest absolute Gasteiger partial charge is 1.00 e. The molecule has 0 saturated carbocycles. The molecule has 0 N–H and O–H groups in total. The standard InChI is InChI=1S/C9H19.HI.Mg/c1-3-5-7-9-8-6-4-2;;/h1,3-9H2,2H3;1H;/q-1;;+2/p-1. The third-order valence-corrected chi connectivity index (χ3v) is 1.60. The van der Waals surface area contributed by atoms with Crippen molar-refractivity contribution in [2.45, 2.75) is 51.9 Å². The van der Waals surface area contributed by atoms with E-state index in [1.807, 2.05) is 0 Å². The molecule has 0 atom stereocenters. The van der Waals surface area contributed by atoms with E-state index < -0.39 is 0 Å². The summed E-state index contributed by atoms with van der Waals surface area (Å²) in [5.41, 5.74) is 0. The molecule has 2 heteroatoms. The fourth-order valence-electron chi connectivity index (χ4n) is 0.957. The molecule has 0 unspecified atom stereocenters. The normalized spacial score (nSPS) is 8.18. The zero-order chi connectivity index (χ0) is 6.95. The second-order valence-electron chi connectivity index (χ2n) is 2.62. The number of unbranched alkanes of at least 4 members (excludes halogenated alkanes) is 6. The first-order chi connectivity index (χ1) is 4.41. The second kappa shape index (κ2) is 17.5.